The normalized spacial score (nSPS) is 10.5. The molecular formula is C22H21FN2O. The van der Waals surface area contributed by atoms with Crippen molar-refractivity contribution in [3.8, 4) is 11.1 Å². The second-order valence-electron chi connectivity index (χ2n) is 6.17. The van der Waals surface area contributed by atoms with Gasteiger partial charge in [0.1, 0.15) is 5.82 Å². The van der Waals surface area contributed by atoms with Gasteiger partial charge in [0, 0.05) is 24.0 Å². The van der Waals surface area contributed by atoms with Crippen LogP contribution in [0.1, 0.15) is 28.0 Å². The molecule has 1 amide bonds. The molecule has 0 saturated carbocycles. The van der Waals surface area contributed by atoms with Crippen LogP contribution in [0.4, 0.5) is 4.39 Å². The highest BCUT2D eigenvalue weighted by Crippen LogP contribution is 2.23. The highest BCUT2D eigenvalue weighted by Gasteiger charge is 2.08. The maximum Gasteiger partial charge on any atom is 0.253 e. The molecule has 3 rings (SSSR count). The zero-order valence-electron chi connectivity index (χ0n) is 14.7. The molecule has 132 valence electrons. The molecule has 1 heterocycles. The van der Waals surface area contributed by atoms with Gasteiger partial charge in [0.2, 0.25) is 0 Å². The number of carbonyl (C=O) groups is 1. The molecule has 0 aliphatic heterocycles. The standard InChI is InChI=1S/C22H21FN2O/c1-16-19(8-5-14-24-16)22(26)25-15-4-6-17-10-12-18(13-11-17)20-7-2-3-9-21(20)23/h2-3,5,7-14H,4,6,15H2,1H3,(H,25,26). The van der Waals surface area contributed by atoms with Gasteiger partial charge in [0.05, 0.1) is 5.56 Å². The fourth-order valence-electron chi connectivity index (χ4n) is 2.86. The van der Waals surface area contributed by atoms with Gasteiger partial charge >= 0.3 is 0 Å². The van der Waals surface area contributed by atoms with Crippen LogP contribution >= 0.6 is 0 Å². The molecule has 1 aromatic heterocycles. The molecule has 0 aliphatic carbocycles. The number of hydrogen-bond acceptors (Lipinski definition) is 2. The molecule has 0 radical (unpaired) electrons. The Hall–Kier alpha value is -3.01. The fraction of sp³-hybridized carbons (Fsp3) is 0.182. The van der Waals surface area contributed by atoms with Crippen molar-refractivity contribution in [2.45, 2.75) is 19.8 Å². The number of rotatable bonds is 6. The smallest absolute Gasteiger partial charge is 0.253 e. The van der Waals surface area contributed by atoms with Crippen molar-refractivity contribution in [2.75, 3.05) is 6.54 Å². The summed E-state index contributed by atoms with van der Waals surface area (Å²) in [5, 5.41) is 2.93. The summed E-state index contributed by atoms with van der Waals surface area (Å²) in [5.41, 5.74) is 3.98. The predicted molar refractivity (Wildman–Crippen MR) is 101 cm³/mol. The topological polar surface area (TPSA) is 42.0 Å². The first-order valence-corrected chi connectivity index (χ1v) is 8.69. The van der Waals surface area contributed by atoms with Crippen LogP contribution in [0.3, 0.4) is 0 Å². The highest BCUT2D eigenvalue weighted by atomic mass is 19.1. The summed E-state index contributed by atoms with van der Waals surface area (Å²) in [6, 6.07) is 18.2. The number of nitrogens with zero attached hydrogens (tertiary/aromatic N) is 1. The van der Waals surface area contributed by atoms with Gasteiger partial charge in [-0.05, 0) is 49.1 Å². The second kappa shape index (κ2) is 8.39. The Balaban J connectivity index is 1.51. The SMILES string of the molecule is Cc1ncccc1C(=O)NCCCc1ccc(-c2ccccc2F)cc1. The van der Waals surface area contributed by atoms with E-state index in [1.54, 1.807) is 30.5 Å². The fourth-order valence-corrected chi connectivity index (χ4v) is 2.86. The molecule has 0 unspecified atom stereocenters. The minimum absolute atomic E-state index is 0.0921. The summed E-state index contributed by atoms with van der Waals surface area (Å²) < 4.78 is 13.8. The van der Waals surface area contributed by atoms with Gasteiger partial charge < -0.3 is 5.32 Å². The van der Waals surface area contributed by atoms with E-state index in [1.165, 1.54) is 6.07 Å². The summed E-state index contributed by atoms with van der Waals surface area (Å²) in [4.78, 5) is 16.3. The Morgan fingerprint density at radius 1 is 1.04 bits per heavy atom. The first-order valence-electron chi connectivity index (χ1n) is 8.69. The molecule has 0 spiro atoms. The molecule has 0 saturated heterocycles. The first kappa shape index (κ1) is 17.8. The number of pyridine rings is 1. The Labute approximate surface area is 152 Å². The van der Waals surface area contributed by atoms with Crippen molar-refractivity contribution in [2.24, 2.45) is 0 Å². The number of halogens is 1. The third-order valence-corrected chi connectivity index (χ3v) is 4.32. The maximum atomic E-state index is 13.8. The molecular weight excluding hydrogens is 327 g/mol. The summed E-state index contributed by atoms with van der Waals surface area (Å²) >= 11 is 0. The van der Waals surface area contributed by atoms with Crippen LogP contribution in [0.25, 0.3) is 11.1 Å². The Bertz CT molecular complexity index is 891. The van der Waals surface area contributed by atoms with Crippen molar-refractivity contribution < 1.29 is 9.18 Å². The van der Waals surface area contributed by atoms with E-state index >= 15 is 0 Å². The lowest BCUT2D eigenvalue weighted by Crippen LogP contribution is -2.25. The molecule has 3 nitrogen and oxygen atoms in total. The van der Waals surface area contributed by atoms with Gasteiger partial charge in [-0.3, -0.25) is 9.78 Å². The van der Waals surface area contributed by atoms with Crippen LogP contribution < -0.4 is 5.32 Å². The van der Waals surface area contributed by atoms with E-state index in [9.17, 15) is 9.18 Å². The van der Waals surface area contributed by atoms with Gasteiger partial charge in [-0.15, -0.1) is 0 Å². The van der Waals surface area contributed by atoms with E-state index in [0.717, 1.165) is 29.7 Å². The minimum Gasteiger partial charge on any atom is -0.352 e. The quantitative estimate of drug-likeness (QED) is 0.664. The van der Waals surface area contributed by atoms with Gasteiger partial charge in [-0.25, -0.2) is 4.39 Å². The highest BCUT2D eigenvalue weighted by molar-refractivity contribution is 5.95. The first-order chi connectivity index (χ1) is 12.6. The third-order valence-electron chi connectivity index (χ3n) is 4.32. The lowest BCUT2D eigenvalue weighted by atomic mass is 10.0. The average Bonchev–Trinajstić information content (AvgIpc) is 2.66. The number of amides is 1. The van der Waals surface area contributed by atoms with Gasteiger partial charge in [0.15, 0.2) is 0 Å². The van der Waals surface area contributed by atoms with E-state index in [0.29, 0.717) is 17.7 Å². The number of carbonyl (C=O) groups excluding carboxylic acids is 1. The molecule has 0 fully saturated rings. The number of aromatic nitrogens is 1. The van der Waals surface area contributed by atoms with E-state index in [-0.39, 0.29) is 11.7 Å². The Morgan fingerprint density at radius 2 is 1.81 bits per heavy atom. The Morgan fingerprint density at radius 3 is 2.54 bits per heavy atom. The van der Waals surface area contributed by atoms with Crippen LogP contribution in [0.15, 0.2) is 66.9 Å². The lowest BCUT2D eigenvalue weighted by molar-refractivity contribution is 0.0952. The largest absolute Gasteiger partial charge is 0.352 e. The molecule has 3 aromatic rings. The molecule has 2 aromatic carbocycles. The number of benzene rings is 2. The van der Waals surface area contributed by atoms with E-state index in [1.807, 2.05) is 37.3 Å². The number of nitrogens with one attached hydrogen (secondary N) is 1. The molecule has 0 bridgehead atoms. The van der Waals surface area contributed by atoms with E-state index in [2.05, 4.69) is 10.3 Å². The van der Waals surface area contributed by atoms with Crippen LogP contribution in [0, 0.1) is 12.7 Å². The van der Waals surface area contributed by atoms with Crippen molar-refractivity contribution in [1.82, 2.24) is 10.3 Å². The van der Waals surface area contributed by atoms with Crippen LogP contribution in [0.5, 0.6) is 0 Å². The molecule has 0 aliphatic rings. The molecule has 4 heteroatoms. The van der Waals surface area contributed by atoms with Crippen molar-refractivity contribution in [1.29, 1.82) is 0 Å². The lowest BCUT2D eigenvalue weighted by Gasteiger charge is -2.08. The predicted octanol–water partition coefficient (Wildman–Crippen LogP) is 4.56. The van der Waals surface area contributed by atoms with Crippen molar-refractivity contribution in [3.63, 3.8) is 0 Å². The zero-order chi connectivity index (χ0) is 18.4. The third kappa shape index (κ3) is 4.33. The molecule has 26 heavy (non-hydrogen) atoms. The number of hydrogen-bond donors (Lipinski definition) is 1. The van der Waals surface area contributed by atoms with Crippen LogP contribution in [-0.4, -0.2) is 17.4 Å². The summed E-state index contributed by atoms with van der Waals surface area (Å²) in [7, 11) is 0. The average molecular weight is 348 g/mol. The van der Waals surface area contributed by atoms with Gasteiger partial charge in [-0.2, -0.15) is 0 Å². The van der Waals surface area contributed by atoms with Gasteiger partial charge in [-0.1, -0.05) is 42.5 Å². The number of aryl methyl sites for hydroxylation is 2. The van der Waals surface area contributed by atoms with Crippen molar-refractivity contribution >= 4 is 5.91 Å². The summed E-state index contributed by atoms with van der Waals surface area (Å²) in [6.07, 6.45) is 3.37. The molecule has 0 atom stereocenters. The van der Waals surface area contributed by atoms with Crippen molar-refractivity contribution in [3.05, 3.63) is 89.5 Å². The molecule has 1 N–H and O–H groups in total. The van der Waals surface area contributed by atoms with Crippen LogP contribution in [-0.2, 0) is 6.42 Å². The Kier molecular flexibility index (Phi) is 5.74. The van der Waals surface area contributed by atoms with E-state index in [4.69, 9.17) is 0 Å². The summed E-state index contributed by atoms with van der Waals surface area (Å²) in [6.45, 7) is 2.42. The summed E-state index contributed by atoms with van der Waals surface area (Å²) in [5.74, 6) is -0.306. The monoisotopic (exact) mass is 348 g/mol. The minimum atomic E-state index is -0.214. The van der Waals surface area contributed by atoms with Gasteiger partial charge in [0.25, 0.3) is 5.91 Å². The second-order valence-corrected chi connectivity index (χ2v) is 6.17. The van der Waals surface area contributed by atoms with E-state index < -0.39 is 0 Å². The zero-order valence-corrected chi connectivity index (χ0v) is 14.7. The van der Waals surface area contributed by atoms with Crippen LogP contribution in [0.2, 0.25) is 0 Å². The maximum absolute atomic E-state index is 13.8.